The molecule has 2 aromatic rings. The molecule has 2 aromatic carbocycles. The molecule has 0 fully saturated rings. The summed E-state index contributed by atoms with van der Waals surface area (Å²) >= 11 is 1.11. The molecule has 1 atom stereocenters. The molecule has 0 aliphatic heterocycles. The average Bonchev–Trinajstić information content (AvgIpc) is 2.53. The van der Waals surface area contributed by atoms with Gasteiger partial charge in [-0.3, -0.25) is 9.52 Å². The van der Waals surface area contributed by atoms with Gasteiger partial charge in [0.1, 0.15) is 5.82 Å². The number of hydrogen-bond acceptors (Lipinski definition) is 5. The fourth-order valence-corrected chi connectivity index (χ4v) is 3.50. The van der Waals surface area contributed by atoms with E-state index in [2.05, 4.69) is 4.72 Å². The van der Waals surface area contributed by atoms with Crippen molar-refractivity contribution in [1.29, 1.82) is 0 Å². The molecule has 0 aliphatic rings. The van der Waals surface area contributed by atoms with Gasteiger partial charge in [0.15, 0.2) is 5.78 Å². The standard InChI is InChI=1S/C16H16FNO4S2/c1-11(19)23-10-16(20)12-5-7-14(8-6-12)18-24(21,22)15-4-2-3-13(17)9-15/h2-9,11,18-19H,10H2,1H3. The Balaban J connectivity index is 2.10. The highest BCUT2D eigenvalue weighted by molar-refractivity contribution is 8.00. The van der Waals surface area contributed by atoms with Crippen molar-refractivity contribution >= 4 is 33.3 Å². The Kier molecular flexibility index (Phi) is 5.98. The van der Waals surface area contributed by atoms with Crippen molar-refractivity contribution in [3.8, 4) is 0 Å². The van der Waals surface area contributed by atoms with E-state index in [1.54, 1.807) is 6.92 Å². The van der Waals surface area contributed by atoms with Gasteiger partial charge in [0.2, 0.25) is 0 Å². The lowest BCUT2D eigenvalue weighted by Gasteiger charge is -2.09. The van der Waals surface area contributed by atoms with Crippen LogP contribution < -0.4 is 4.72 Å². The van der Waals surface area contributed by atoms with E-state index in [1.165, 1.54) is 36.4 Å². The minimum absolute atomic E-state index is 0.131. The van der Waals surface area contributed by atoms with Gasteiger partial charge in [-0.2, -0.15) is 0 Å². The zero-order valence-corrected chi connectivity index (χ0v) is 14.4. The number of aliphatic hydroxyl groups excluding tert-OH is 1. The Hall–Kier alpha value is -1.90. The number of halogens is 1. The van der Waals surface area contributed by atoms with Crippen molar-refractivity contribution < 1.29 is 22.7 Å². The number of sulfonamides is 1. The molecule has 24 heavy (non-hydrogen) atoms. The fraction of sp³-hybridized carbons (Fsp3) is 0.188. The summed E-state index contributed by atoms with van der Waals surface area (Å²) in [7, 11) is -3.90. The highest BCUT2D eigenvalue weighted by atomic mass is 32.2. The van der Waals surface area contributed by atoms with Crippen molar-refractivity contribution in [3.05, 3.63) is 59.9 Å². The Labute approximate surface area is 144 Å². The van der Waals surface area contributed by atoms with Gasteiger partial charge >= 0.3 is 0 Å². The van der Waals surface area contributed by atoms with Crippen LogP contribution >= 0.6 is 11.8 Å². The zero-order chi connectivity index (χ0) is 17.7. The second-order valence-electron chi connectivity index (χ2n) is 4.97. The van der Waals surface area contributed by atoms with Crippen LogP contribution in [0.25, 0.3) is 0 Å². The number of hydrogen-bond donors (Lipinski definition) is 2. The van der Waals surface area contributed by atoms with E-state index >= 15 is 0 Å². The first-order valence-electron chi connectivity index (χ1n) is 6.99. The van der Waals surface area contributed by atoms with E-state index < -0.39 is 21.3 Å². The number of aliphatic hydroxyl groups is 1. The Bertz CT molecular complexity index is 820. The molecule has 0 radical (unpaired) electrons. The SMILES string of the molecule is CC(O)SCC(=O)c1ccc(NS(=O)(=O)c2cccc(F)c2)cc1. The van der Waals surface area contributed by atoms with Crippen molar-refractivity contribution in [2.75, 3.05) is 10.5 Å². The van der Waals surface area contributed by atoms with Crippen LogP contribution in [0, 0.1) is 5.82 Å². The third kappa shape index (κ3) is 5.05. The third-order valence-electron chi connectivity index (χ3n) is 3.02. The van der Waals surface area contributed by atoms with Crippen molar-refractivity contribution in [1.82, 2.24) is 0 Å². The van der Waals surface area contributed by atoms with Crippen LogP contribution in [-0.4, -0.2) is 30.5 Å². The highest BCUT2D eigenvalue weighted by Crippen LogP contribution is 2.18. The second-order valence-corrected chi connectivity index (χ2v) is 7.96. The van der Waals surface area contributed by atoms with Crippen LogP contribution in [0.2, 0.25) is 0 Å². The average molecular weight is 369 g/mol. The first kappa shape index (κ1) is 18.4. The number of ketones is 1. The molecular formula is C16H16FNO4S2. The minimum Gasteiger partial charge on any atom is -0.383 e. The molecule has 2 rings (SSSR count). The number of anilines is 1. The number of nitrogens with one attached hydrogen (secondary N) is 1. The molecule has 0 saturated heterocycles. The van der Waals surface area contributed by atoms with Crippen LogP contribution in [0.4, 0.5) is 10.1 Å². The Morgan fingerprint density at radius 3 is 2.50 bits per heavy atom. The molecule has 1 unspecified atom stereocenters. The van der Waals surface area contributed by atoms with E-state index in [4.69, 9.17) is 5.11 Å². The Morgan fingerprint density at radius 1 is 1.25 bits per heavy atom. The van der Waals surface area contributed by atoms with Gasteiger partial charge in [-0.05, 0) is 49.4 Å². The van der Waals surface area contributed by atoms with Crippen molar-refractivity contribution in [3.63, 3.8) is 0 Å². The monoisotopic (exact) mass is 369 g/mol. The van der Waals surface area contributed by atoms with E-state index in [0.29, 0.717) is 5.56 Å². The summed E-state index contributed by atoms with van der Waals surface area (Å²) in [5.74, 6) is -0.679. The maximum Gasteiger partial charge on any atom is 0.261 e. The number of thioether (sulfide) groups is 1. The molecule has 0 aromatic heterocycles. The maximum absolute atomic E-state index is 13.2. The smallest absolute Gasteiger partial charge is 0.261 e. The van der Waals surface area contributed by atoms with Crippen molar-refractivity contribution in [2.45, 2.75) is 17.3 Å². The van der Waals surface area contributed by atoms with Gasteiger partial charge in [-0.1, -0.05) is 6.07 Å². The molecule has 0 aliphatic carbocycles. The summed E-state index contributed by atoms with van der Waals surface area (Å²) in [6, 6.07) is 10.6. The van der Waals surface area contributed by atoms with Gasteiger partial charge in [0, 0.05) is 11.3 Å². The van der Waals surface area contributed by atoms with E-state index in [9.17, 15) is 17.6 Å². The van der Waals surface area contributed by atoms with Gasteiger partial charge < -0.3 is 5.11 Å². The summed E-state index contributed by atoms with van der Waals surface area (Å²) < 4.78 is 39.8. The zero-order valence-electron chi connectivity index (χ0n) is 12.8. The summed E-state index contributed by atoms with van der Waals surface area (Å²) in [5.41, 5.74) is 0.0437. The number of carbonyl (C=O) groups is 1. The molecule has 8 heteroatoms. The summed E-state index contributed by atoms with van der Waals surface area (Å²) in [4.78, 5) is 11.7. The fourth-order valence-electron chi connectivity index (χ4n) is 1.85. The molecule has 128 valence electrons. The molecule has 0 amide bonds. The molecule has 0 saturated carbocycles. The quantitative estimate of drug-likeness (QED) is 0.579. The summed E-state index contributed by atoms with van der Waals surface area (Å²) in [5, 5.41) is 9.15. The van der Waals surface area contributed by atoms with Gasteiger partial charge in [0.25, 0.3) is 10.0 Å². The molecule has 0 spiro atoms. The predicted molar refractivity (Wildman–Crippen MR) is 92.1 cm³/mol. The number of benzene rings is 2. The Morgan fingerprint density at radius 2 is 1.92 bits per heavy atom. The third-order valence-corrected chi connectivity index (χ3v) is 5.31. The second kappa shape index (κ2) is 7.78. The lowest BCUT2D eigenvalue weighted by atomic mass is 10.1. The van der Waals surface area contributed by atoms with E-state index in [-0.39, 0.29) is 22.1 Å². The van der Waals surface area contributed by atoms with Gasteiger partial charge in [0.05, 0.1) is 16.1 Å². The van der Waals surface area contributed by atoms with Crippen LogP contribution in [0.15, 0.2) is 53.4 Å². The normalized spacial score (nSPS) is 12.6. The number of carbonyl (C=O) groups excluding carboxylic acids is 1. The predicted octanol–water partition coefficient (Wildman–Crippen LogP) is 2.88. The lowest BCUT2D eigenvalue weighted by Crippen LogP contribution is -2.13. The van der Waals surface area contributed by atoms with Crippen LogP contribution in [-0.2, 0) is 10.0 Å². The molecule has 0 bridgehead atoms. The van der Waals surface area contributed by atoms with Crippen molar-refractivity contribution in [2.24, 2.45) is 0 Å². The van der Waals surface area contributed by atoms with E-state index in [0.717, 1.165) is 23.9 Å². The molecule has 2 N–H and O–H groups in total. The van der Waals surface area contributed by atoms with Gasteiger partial charge in [-0.15, -0.1) is 11.8 Å². The topological polar surface area (TPSA) is 83.5 Å². The maximum atomic E-state index is 13.2. The number of Topliss-reactive ketones (excluding diaryl/α,β-unsaturated/α-hetero) is 1. The van der Waals surface area contributed by atoms with E-state index in [1.807, 2.05) is 0 Å². The number of rotatable bonds is 7. The summed E-state index contributed by atoms with van der Waals surface area (Å²) in [6.07, 6.45) is 0. The van der Waals surface area contributed by atoms with Crippen LogP contribution in [0.3, 0.4) is 0 Å². The lowest BCUT2D eigenvalue weighted by molar-refractivity contribution is 0.102. The largest absolute Gasteiger partial charge is 0.383 e. The molecular weight excluding hydrogens is 353 g/mol. The van der Waals surface area contributed by atoms with Gasteiger partial charge in [-0.25, -0.2) is 12.8 Å². The van der Waals surface area contributed by atoms with Crippen LogP contribution in [0.1, 0.15) is 17.3 Å². The van der Waals surface area contributed by atoms with Crippen LogP contribution in [0.5, 0.6) is 0 Å². The highest BCUT2D eigenvalue weighted by Gasteiger charge is 2.15. The minimum atomic E-state index is -3.90. The first-order valence-corrected chi connectivity index (χ1v) is 9.52. The summed E-state index contributed by atoms with van der Waals surface area (Å²) in [6.45, 7) is 1.57. The molecule has 0 heterocycles. The molecule has 5 nitrogen and oxygen atoms in total. The first-order chi connectivity index (χ1) is 11.3.